The second-order valence-corrected chi connectivity index (χ2v) is 3.27. The van der Waals surface area contributed by atoms with Gasteiger partial charge in [-0.15, -0.1) is 0 Å². The van der Waals surface area contributed by atoms with Gasteiger partial charge in [-0.05, 0) is 30.3 Å². The molecule has 0 aliphatic rings. The molecule has 84 valence electrons. The summed E-state index contributed by atoms with van der Waals surface area (Å²) in [4.78, 5) is 4.01. The number of rotatable bonds is 3. The van der Waals surface area contributed by atoms with Crippen LogP contribution >= 0.6 is 0 Å². The van der Waals surface area contributed by atoms with Crippen LogP contribution in [0.4, 0.5) is 0 Å². The molecule has 2 rings (SSSR count). The van der Waals surface area contributed by atoms with Crippen molar-refractivity contribution < 1.29 is 9.47 Å². The Kier molecular flexibility index (Phi) is 3.22. The zero-order valence-electron chi connectivity index (χ0n) is 9.25. The maximum atomic E-state index is 8.63. The van der Waals surface area contributed by atoms with Crippen molar-refractivity contribution in [2.45, 2.75) is 0 Å². The van der Waals surface area contributed by atoms with Gasteiger partial charge in [-0.25, -0.2) is 4.98 Å². The first-order valence-electron chi connectivity index (χ1n) is 5.00. The average molecular weight is 226 g/mol. The van der Waals surface area contributed by atoms with Gasteiger partial charge in [0.15, 0.2) is 0 Å². The number of hydrogen-bond acceptors (Lipinski definition) is 4. The normalized spacial score (nSPS) is 9.41. The van der Waals surface area contributed by atoms with Crippen LogP contribution in [0.5, 0.6) is 17.4 Å². The van der Waals surface area contributed by atoms with E-state index >= 15 is 0 Å². The molecule has 0 saturated carbocycles. The number of benzene rings is 1. The lowest BCUT2D eigenvalue weighted by molar-refractivity contribution is 0.412. The molecule has 0 unspecified atom stereocenters. The van der Waals surface area contributed by atoms with Crippen molar-refractivity contribution in [1.29, 1.82) is 5.26 Å². The minimum atomic E-state index is 0.453. The van der Waals surface area contributed by atoms with Crippen LogP contribution in [0.1, 0.15) is 5.56 Å². The summed E-state index contributed by atoms with van der Waals surface area (Å²) < 4.78 is 10.5. The minimum Gasteiger partial charge on any atom is -0.497 e. The van der Waals surface area contributed by atoms with E-state index in [1.807, 2.05) is 6.07 Å². The summed E-state index contributed by atoms with van der Waals surface area (Å²) in [5, 5.41) is 8.63. The van der Waals surface area contributed by atoms with Crippen LogP contribution in [-0.2, 0) is 0 Å². The maximum absolute atomic E-state index is 8.63. The van der Waals surface area contributed by atoms with Crippen LogP contribution in [0.2, 0.25) is 0 Å². The monoisotopic (exact) mass is 226 g/mol. The van der Waals surface area contributed by atoms with Crippen LogP contribution in [-0.4, -0.2) is 12.1 Å². The lowest BCUT2D eigenvalue weighted by atomic mass is 10.3. The summed E-state index contributed by atoms with van der Waals surface area (Å²) in [6.45, 7) is 0. The molecular weight excluding hydrogens is 216 g/mol. The Labute approximate surface area is 99.1 Å². The van der Waals surface area contributed by atoms with Gasteiger partial charge in [0.25, 0.3) is 0 Å². The van der Waals surface area contributed by atoms with Crippen molar-refractivity contribution in [3.05, 3.63) is 48.2 Å². The molecule has 0 aliphatic carbocycles. The zero-order valence-corrected chi connectivity index (χ0v) is 9.25. The van der Waals surface area contributed by atoms with Gasteiger partial charge in [0.2, 0.25) is 5.88 Å². The Morgan fingerprint density at radius 2 is 1.76 bits per heavy atom. The van der Waals surface area contributed by atoms with Gasteiger partial charge in [0.05, 0.1) is 12.7 Å². The highest BCUT2D eigenvalue weighted by Gasteiger charge is 1.99. The highest BCUT2D eigenvalue weighted by molar-refractivity contribution is 5.34. The third kappa shape index (κ3) is 2.73. The highest BCUT2D eigenvalue weighted by atomic mass is 16.5. The lowest BCUT2D eigenvalue weighted by Crippen LogP contribution is -1.88. The van der Waals surface area contributed by atoms with Gasteiger partial charge >= 0.3 is 0 Å². The Hall–Kier alpha value is -2.54. The molecule has 0 fully saturated rings. The predicted molar refractivity (Wildman–Crippen MR) is 62.0 cm³/mol. The van der Waals surface area contributed by atoms with Crippen molar-refractivity contribution in [2.75, 3.05) is 7.11 Å². The summed E-state index contributed by atoms with van der Waals surface area (Å²) >= 11 is 0. The topological polar surface area (TPSA) is 55.1 Å². The Balaban J connectivity index is 2.11. The molecule has 2 aromatic rings. The van der Waals surface area contributed by atoms with Crippen LogP contribution in [0.3, 0.4) is 0 Å². The molecule has 4 nitrogen and oxygen atoms in total. The zero-order chi connectivity index (χ0) is 12.1. The predicted octanol–water partition coefficient (Wildman–Crippen LogP) is 2.75. The van der Waals surface area contributed by atoms with Gasteiger partial charge in [0.1, 0.15) is 17.6 Å². The number of methoxy groups -OCH3 is 1. The molecule has 0 amide bonds. The fourth-order valence-electron chi connectivity index (χ4n) is 1.27. The van der Waals surface area contributed by atoms with Crippen molar-refractivity contribution in [3.63, 3.8) is 0 Å². The van der Waals surface area contributed by atoms with Crippen LogP contribution < -0.4 is 9.47 Å². The number of pyridine rings is 1. The number of ether oxygens (including phenoxy) is 2. The molecule has 4 heteroatoms. The minimum absolute atomic E-state index is 0.453. The number of nitrogens with zero attached hydrogens (tertiary/aromatic N) is 2. The van der Waals surface area contributed by atoms with Crippen molar-refractivity contribution >= 4 is 0 Å². The summed E-state index contributed by atoms with van der Waals surface area (Å²) in [5.41, 5.74) is 0.507. The third-order valence-corrected chi connectivity index (χ3v) is 2.15. The molecule has 1 heterocycles. The summed E-state index contributed by atoms with van der Waals surface area (Å²) in [6, 6.07) is 12.5. The third-order valence-electron chi connectivity index (χ3n) is 2.15. The van der Waals surface area contributed by atoms with E-state index in [1.165, 1.54) is 6.20 Å². The van der Waals surface area contributed by atoms with E-state index in [0.29, 0.717) is 17.2 Å². The molecule has 0 atom stereocenters. The highest BCUT2D eigenvalue weighted by Crippen LogP contribution is 2.22. The van der Waals surface area contributed by atoms with E-state index in [4.69, 9.17) is 14.7 Å². The molecule has 17 heavy (non-hydrogen) atoms. The Morgan fingerprint density at radius 3 is 2.29 bits per heavy atom. The van der Waals surface area contributed by atoms with Gasteiger partial charge < -0.3 is 9.47 Å². The first kappa shape index (κ1) is 11.0. The summed E-state index contributed by atoms with van der Waals surface area (Å²) in [6.07, 6.45) is 1.47. The van der Waals surface area contributed by atoms with Gasteiger partial charge in [-0.1, -0.05) is 0 Å². The van der Waals surface area contributed by atoms with E-state index < -0.39 is 0 Å². The Bertz CT molecular complexity index is 527. The van der Waals surface area contributed by atoms with Gasteiger partial charge in [-0.3, -0.25) is 0 Å². The molecule has 0 aliphatic heterocycles. The van der Waals surface area contributed by atoms with Gasteiger partial charge in [-0.2, -0.15) is 5.26 Å². The quantitative estimate of drug-likeness (QED) is 0.807. The number of aromatic nitrogens is 1. The summed E-state index contributed by atoms with van der Waals surface area (Å²) in [5.74, 6) is 1.89. The van der Waals surface area contributed by atoms with Crippen molar-refractivity contribution in [2.24, 2.45) is 0 Å². The van der Waals surface area contributed by atoms with Crippen molar-refractivity contribution in [1.82, 2.24) is 4.98 Å². The van der Waals surface area contributed by atoms with Crippen LogP contribution in [0.15, 0.2) is 42.6 Å². The molecule has 0 spiro atoms. The molecule has 0 N–H and O–H groups in total. The molecule has 0 saturated heterocycles. The lowest BCUT2D eigenvalue weighted by Gasteiger charge is -2.05. The number of hydrogen-bond donors (Lipinski definition) is 0. The maximum Gasteiger partial charge on any atom is 0.219 e. The average Bonchev–Trinajstić information content (AvgIpc) is 2.40. The largest absolute Gasteiger partial charge is 0.497 e. The molecular formula is C13H10N2O2. The SMILES string of the molecule is COc1ccc(Oc2ccc(C#N)cn2)cc1. The van der Waals surface area contributed by atoms with E-state index in [2.05, 4.69) is 4.98 Å². The number of nitriles is 1. The summed E-state index contributed by atoms with van der Waals surface area (Å²) in [7, 11) is 1.61. The van der Waals surface area contributed by atoms with E-state index in [0.717, 1.165) is 5.75 Å². The fourth-order valence-corrected chi connectivity index (χ4v) is 1.27. The van der Waals surface area contributed by atoms with E-state index in [1.54, 1.807) is 43.5 Å². The van der Waals surface area contributed by atoms with Crippen molar-refractivity contribution in [3.8, 4) is 23.4 Å². The van der Waals surface area contributed by atoms with Gasteiger partial charge in [0, 0.05) is 12.3 Å². The van der Waals surface area contributed by atoms with Crippen LogP contribution in [0, 0.1) is 11.3 Å². The first-order chi connectivity index (χ1) is 8.31. The van der Waals surface area contributed by atoms with E-state index in [-0.39, 0.29) is 0 Å². The fraction of sp³-hybridized carbons (Fsp3) is 0.0769. The second kappa shape index (κ2) is 4.99. The standard InChI is InChI=1S/C13H10N2O2/c1-16-11-3-5-12(6-4-11)17-13-7-2-10(8-14)9-15-13/h2-7,9H,1H3. The smallest absolute Gasteiger partial charge is 0.219 e. The second-order valence-electron chi connectivity index (χ2n) is 3.27. The molecule has 1 aromatic heterocycles. The first-order valence-corrected chi connectivity index (χ1v) is 5.00. The molecule has 0 radical (unpaired) electrons. The van der Waals surface area contributed by atoms with E-state index in [9.17, 15) is 0 Å². The van der Waals surface area contributed by atoms with Crippen LogP contribution in [0.25, 0.3) is 0 Å². The molecule has 1 aromatic carbocycles. The Morgan fingerprint density at radius 1 is 1.06 bits per heavy atom. The molecule has 0 bridgehead atoms.